The van der Waals surface area contributed by atoms with E-state index in [9.17, 15) is 35.8 Å². The molecule has 8 nitrogen and oxygen atoms in total. The van der Waals surface area contributed by atoms with Crippen LogP contribution in [0.15, 0.2) is 94.7 Å². The van der Waals surface area contributed by atoms with Crippen LogP contribution in [0.25, 0.3) is 0 Å². The van der Waals surface area contributed by atoms with Gasteiger partial charge in [-0.2, -0.15) is 0 Å². The van der Waals surface area contributed by atoms with Gasteiger partial charge in [-0.1, -0.05) is 77.6 Å². The average Bonchev–Trinajstić information content (AvgIpc) is 3.34. The lowest BCUT2D eigenvalue weighted by molar-refractivity contribution is 0.0173. The summed E-state index contributed by atoms with van der Waals surface area (Å²) in [6.45, 7) is 7.98. The second kappa shape index (κ2) is 18.6. The van der Waals surface area contributed by atoms with Gasteiger partial charge in [0, 0.05) is 22.7 Å². The van der Waals surface area contributed by atoms with Gasteiger partial charge in [0.15, 0.2) is 19.7 Å². The molecule has 0 fully saturated rings. The molecule has 2 heterocycles. The quantitative estimate of drug-likeness (QED) is 0.145. The third-order valence-electron chi connectivity index (χ3n) is 12.5. The molecule has 2 N–H and O–H groups in total. The van der Waals surface area contributed by atoms with Crippen LogP contribution in [0.5, 0.6) is 11.5 Å². The normalized spacial score (nSPS) is 25.8. The summed E-state index contributed by atoms with van der Waals surface area (Å²) in [5, 5.41) is 23.3. The molecule has 0 aliphatic carbocycles. The number of fused-ring (bicyclic) bond motifs is 2. The standard InChI is InChI=1S/2C23H29FO4S/c2*1-4-6-13-23(5-2)15-29(26,27)20-12-11-18(28-3)14-19(20)21(22(23)25)16-7-9-17(24)10-8-16/h2*7-12,14,21-22,25H,4-6,13,15H2,1-3H3/t21-,22?,23+;21-,22?,23-/m01/s1. The number of sulfone groups is 2. The van der Waals surface area contributed by atoms with Crippen LogP contribution in [-0.2, 0) is 19.7 Å². The van der Waals surface area contributed by atoms with Crippen molar-refractivity contribution in [2.45, 2.75) is 113 Å². The molecule has 316 valence electrons. The monoisotopic (exact) mass is 840 g/mol. The summed E-state index contributed by atoms with van der Waals surface area (Å²) in [6.07, 6.45) is 3.94. The van der Waals surface area contributed by atoms with Crippen LogP contribution in [0.1, 0.15) is 113 Å². The van der Waals surface area contributed by atoms with Crippen molar-refractivity contribution in [1.82, 2.24) is 0 Å². The van der Waals surface area contributed by atoms with E-state index in [0.717, 1.165) is 25.7 Å². The van der Waals surface area contributed by atoms with Gasteiger partial charge in [0.2, 0.25) is 0 Å². The molecular formula is C46H58F2O8S2. The summed E-state index contributed by atoms with van der Waals surface area (Å²) in [6, 6.07) is 21.7. The predicted octanol–water partition coefficient (Wildman–Crippen LogP) is 9.40. The van der Waals surface area contributed by atoms with E-state index in [1.165, 1.54) is 38.5 Å². The lowest BCUT2D eigenvalue weighted by atomic mass is 9.69. The maximum absolute atomic E-state index is 13.6. The molecule has 0 amide bonds. The molecule has 12 heteroatoms. The third-order valence-corrected chi connectivity index (χ3v) is 16.5. The zero-order chi connectivity index (χ0) is 42.5. The molecule has 0 saturated carbocycles. The maximum Gasteiger partial charge on any atom is 0.179 e. The minimum atomic E-state index is -3.63. The van der Waals surface area contributed by atoms with E-state index in [2.05, 4.69) is 13.8 Å². The van der Waals surface area contributed by atoms with Crippen molar-refractivity contribution in [2.75, 3.05) is 25.7 Å². The van der Waals surface area contributed by atoms with E-state index in [1.54, 1.807) is 60.7 Å². The second-order valence-corrected chi connectivity index (χ2v) is 19.8. The Bertz CT molecular complexity index is 2070. The van der Waals surface area contributed by atoms with E-state index in [4.69, 9.17) is 9.47 Å². The van der Waals surface area contributed by atoms with Gasteiger partial charge in [-0.25, -0.2) is 25.6 Å². The average molecular weight is 841 g/mol. The predicted molar refractivity (Wildman–Crippen MR) is 223 cm³/mol. The lowest BCUT2D eigenvalue weighted by Crippen LogP contribution is -2.42. The number of aliphatic hydroxyl groups excluding tert-OH is 2. The Morgan fingerprint density at radius 2 is 0.931 bits per heavy atom. The Labute approximate surface area is 343 Å². The van der Waals surface area contributed by atoms with E-state index in [1.807, 2.05) is 13.8 Å². The first-order valence-corrected chi connectivity index (χ1v) is 23.5. The zero-order valence-electron chi connectivity index (χ0n) is 34.4. The summed E-state index contributed by atoms with van der Waals surface area (Å²) in [5.74, 6) is -1.08. The fourth-order valence-corrected chi connectivity index (χ4v) is 13.5. The Hall–Kier alpha value is -3.84. The Balaban J connectivity index is 0.000000221. The number of rotatable bonds is 12. The van der Waals surface area contributed by atoms with Gasteiger partial charge in [-0.3, -0.25) is 0 Å². The van der Waals surface area contributed by atoms with Crippen LogP contribution in [0, 0.1) is 22.5 Å². The highest BCUT2D eigenvalue weighted by atomic mass is 32.2. The third kappa shape index (κ3) is 9.15. The van der Waals surface area contributed by atoms with Crippen molar-refractivity contribution in [3.63, 3.8) is 0 Å². The molecule has 2 aliphatic rings. The van der Waals surface area contributed by atoms with Gasteiger partial charge in [0.1, 0.15) is 23.1 Å². The Morgan fingerprint density at radius 3 is 1.22 bits per heavy atom. The van der Waals surface area contributed by atoms with E-state index in [0.29, 0.717) is 59.4 Å². The maximum atomic E-state index is 13.6. The summed E-state index contributed by atoms with van der Waals surface area (Å²) in [7, 11) is -4.21. The Morgan fingerprint density at radius 1 is 0.586 bits per heavy atom. The minimum absolute atomic E-state index is 0.102. The Kier molecular flexibility index (Phi) is 14.5. The minimum Gasteiger partial charge on any atom is -0.497 e. The number of ether oxygens (including phenoxy) is 2. The van der Waals surface area contributed by atoms with Crippen molar-refractivity contribution in [1.29, 1.82) is 0 Å². The molecule has 4 aromatic rings. The summed E-state index contributed by atoms with van der Waals surface area (Å²) in [4.78, 5) is 0.442. The van der Waals surface area contributed by atoms with Crippen LogP contribution >= 0.6 is 0 Å². The molecule has 4 aromatic carbocycles. The lowest BCUT2D eigenvalue weighted by Gasteiger charge is -2.39. The summed E-state index contributed by atoms with van der Waals surface area (Å²) >= 11 is 0. The molecule has 2 unspecified atom stereocenters. The number of aliphatic hydroxyl groups is 2. The summed E-state index contributed by atoms with van der Waals surface area (Å²) < 4.78 is 91.4. The number of methoxy groups -OCH3 is 2. The van der Waals surface area contributed by atoms with E-state index >= 15 is 0 Å². The second-order valence-electron chi connectivity index (χ2n) is 15.9. The number of unbranched alkanes of at least 4 members (excludes halogenated alkanes) is 2. The highest BCUT2D eigenvalue weighted by Crippen LogP contribution is 2.51. The van der Waals surface area contributed by atoms with Gasteiger partial charge < -0.3 is 19.7 Å². The van der Waals surface area contributed by atoms with Crippen LogP contribution in [0.3, 0.4) is 0 Å². The van der Waals surface area contributed by atoms with Crippen LogP contribution < -0.4 is 9.47 Å². The zero-order valence-corrected chi connectivity index (χ0v) is 36.0. The van der Waals surface area contributed by atoms with Gasteiger partial charge in [-0.15, -0.1) is 0 Å². The van der Waals surface area contributed by atoms with Crippen LogP contribution in [0.4, 0.5) is 8.78 Å². The van der Waals surface area contributed by atoms with Crippen molar-refractivity contribution in [3.05, 3.63) is 119 Å². The molecule has 0 saturated heterocycles. The first kappa shape index (κ1) is 45.2. The topological polar surface area (TPSA) is 127 Å². The molecule has 0 spiro atoms. The smallest absolute Gasteiger partial charge is 0.179 e. The largest absolute Gasteiger partial charge is 0.497 e. The van der Waals surface area contributed by atoms with Gasteiger partial charge in [0.05, 0.1) is 47.7 Å². The molecule has 0 bridgehead atoms. The van der Waals surface area contributed by atoms with Gasteiger partial charge in [0.25, 0.3) is 0 Å². The number of hydrogen-bond donors (Lipinski definition) is 2. The van der Waals surface area contributed by atoms with E-state index < -0.39 is 54.5 Å². The molecule has 0 radical (unpaired) electrons. The van der Waals surface area contributed by atoms with Crippen molar-refractivity contribution >= 4 is 19.7 Å². The molecule has 0 aromatic heterocycles. The van der Waals surface area contributed by atoms with Crippen LogP contribution in [-0.4, -0.2) is 65.0 Å². The fourth-order valence-electron chi connectivity index (χ4n) is 9.03. The highest BCUT2D eigenvalue weighted by Gasteiger charge is 2.50. The van der Waals surface area contributed by atoms with Crippen molar-refractivity contribution < 1.29 is 45.3 Å². The number of halogens is 2. The van der Waals surface area contributed by atoms with Crippen molar-refractivity contribution in [2.24, 2.45) is 10.8 Å². The molecule has 6 rings (SSSR count). The fraction of sp³-hybridized carbons (Fsp3) is 0.478. The van der Waals surface area contributed by atoms with Crippen molar-refractivity contribution in [3.8, 4) is 11.5 Å². The number of hydrogen-bond acceptors (Lipinski definition) is 8. The van der Waals surface area contributed by atoms with Crippen LogP contribution in [0.2, 0.25) is 0 Å². The molecule has 2 aliphatic heterocycles. The molecule has 58 heavy (non-hydrogen) atoms. The molecule has 6 atom stereocenters. The van der Waals surface area contributed by atoms with Gasteiger partial charge >= 0.3 is 0 Å². The number of benzene rings is 4. The first-order chi connectivity index (χ1) is 27.6. The van der Waals surface area contributed by atoms with E-state index in [-0.39, 0.29) is 32.9 Å². The van der Waals surface area contributed by atoms with Gasteiger partial charge in [-0.05, 0) is 109 Å². The first-order valence-electron chi connectivity index (χ1n) is 20.2. The summed E-state index contributed by atoms with van der Waals surface area (Å²) in [5.41, 5.74) is 0.852. The SMILES string of the molecule is CCCC[C@]1(CC)CS(=O)(=O)c2ccc(OC)cc2[C@@H](c2ccc(F)cc2)C1O.CCCC[C@]1(CC)CS(=O)(=O)c2ccc(OC)cc2[C@H](c2ccc(F)cc2)C1O. The highest BCUT2D eigenvalue weighted by molar-refractivity contribution is 7.91. The molecular weight excluding hydrogens is 783 g/mol.